The van der Waals surface area contributed by atoms with E-state index >= 15 is 0 Å². The number of pyridine rings is 1. The molecule has 0 saturated carbocycles. The van der Waals surface area contributed by atoms with E-state index in [1.165, 1.54) is 4.90 Å². The fourth-order valence-corrected chi connectivity index (χ4v) is 4.78. The van der Waals surface area contributed by atoms with Gasteiger partial charge in [0.15, 0.2) is 0 Å². The van der Waals surface area contributed by atoms with Crippen molar-refractivity contribution in [3.8, 4) is 11.3 Å². The first kappa shape index (κ1) is 22.1. The molecule has 2 aliphatic heterocycles. The number of ether oxygens (including phenoxy) is 1. The highest BCUT2D eigenvalue weighted by Gasteiger charge is 2.30. The first-order valence-corrected chi connectivity index (χ1v) is 12.2. The Kier molecular flexibility index (Phi) is 6.84. The molecule has 1 aromatic carbocycles. The summed E-state index contributed by atoms with van der Waals surface area (Å²) in [5.74, 6) is 0.718. The topological polar surface area (TPSA) is 65.9 Å². The Morgan fingerprint density at radius 2 is 1.71 bits per heavy atom. The molecule has 0 spiro atoms. The van der Waals surface area contributed by atoms with Gasteiger partial charge in [0.1, 0.15) is 5.82 Å². The molecule has 1 N–H and O–H groups in total. The van der Waals surface area contributed by atoms with Gasteiger partial charge in [-0.15, -0.1) is 11.8 Å². The predicted octanol–water partition coefficient (Wildman–Crippen LogP) is 3.68. The van der Waals surface area contributed by atoms with E-state index in [1.54, 1.807) is 11.8 Å². The van der Waals surface area contributed by atoms with E-state index in [1.807, 2.05) is 30.9 Å². The second-order valence-corrected chi connectivity index (χ2v) is 9.36. The summed E-state index contributed by atoms with van der Waals surface area (Å²) in [6.07, 6.45) is 3.19. The van der Waals surface area contributed by atoms with Crippen LogP contribution < -0.4 is 4.90 Å². The zero-order chi connectivity index (χ0) is 22.0. The van der Waals surface area contributed by atoms with Crippen molar-refractivity contribution in [2.75, 3.05) is 37.3 Å². The third-order valence-electron chi connectivity index (χ3n) is 5.96. The van der Waals surface area contributed by atoms with E-state index in [2.05, 4.69) is 35.4 Å². The zero-order valence-corrected chi connectivity index (χ0v) is 19.3. The number of carbonyl (C=O) groups excluding carboxylic acids is 1. The van der Waals surface area contributed by atoms with E-state index in [9.17, 15) is 9.90 Å². The van der Waals surface area contributed by atoms with Crippen LogP contribution in [0.25, 0.3) is 11.3 Å². The predicted molar refractivity (Wildman–Crippen MR) is 125 cm³/mol. The van der Waals surface area contributed by atoms with Gasteiger partial charge in [0.2, 0.25) is 0 Å². The Morgan fingerprint density at radius 3 is 2.32 bits per heavy atom. The molecule has 1 aromatic heterocycles. The van der Waals surface area contributed by atoms with Crippen molar-refractivity contribution in [3.05, 3.63) is 42.0 Å². The first-order chi connectivity index (χ1) is 14.9. The van der Waals surface area contributed by atoms with Crippen molar-refractivity contribution in [2.45, 2.75) is 49.9 Å². The van der Waals surface area contributed by atoms with Gasteiger partial charge in [0.05, 0.1) is 29.6 Å². The Hall–Kier alpha value is -2.09. The highest BCUT2D eigenvalue weighted by molar-refractivity contribution is 7.98. The number of amides is 1. The summed E-state index contributed by atoms with van der Waals surface area (Å²) < 4.78 is 5.81. The van der Waals surface area contributed by atoms with E-state index in [0.717, 1.165) is 17.1 Å². The SMILES string of the molecule is CSc1ccc(-c2ccc(C(=O)N3CC(C)OC(C)C3)c(N3CCC(O)CC3)n2)cc1. The van der Waals surface area contributed by atoms with E-state index in [-0.39, 0.29) is 24.2 Å². The second-order valence-electron chi connectivity index (χ2n) is 8.48. The molecule has 2 saturated heterocycles. The monoisotopic (exact) mass is 441 g/mol. The number of aromatic nitrogens is 1. The molecule has 2 fully saturated rings. The van der Waals surface area contributed by atoms with Gasteiger partial charge >= 0.3 is 0 Å². The summed E-state index contributed by atoms with van der Waals surface area (Å²) in [6, 6.07) is 12.2. The van der Waals surface area contributed by atoms with E-state index in [0.29, 0.717) is 44.6 Å². The summed E-state index contributed by atoms with van der Waals surface area (Å²) in [5, 5.41) is 9.96. The Labute approximate surface area is 188 Å². The minimum atomic E-state index is -0.279. The zero-order valence-electron chi connectivity index (χ0n) is 18.5. The highest BCUT2D eigenvalue weighted by atomic mass is 32.2. The standard InChI is InChI=1S/C24H31N3O3S/c1-16-14-27(15-17(2)30-16)24(29)21-8-9-22(18-4-6-20(31-3)7-5-18)25-23(21)26-12-10-19(28)11-13-26/h4-9,16-17,19,28H,10-15H2,1-3H3. The number of morpholine rings is 1. The average molecular weight is 442 g/mol. The smallest absolute Gasteiger partial charge is 0.257 e. The van der Waals surface area contributed by atoms with Crippen LogP contribution in [0, 0.1) is 0 Å². The van der Waals surface area contributed by atoms with Crippen LogP contribution in [0.1, 0.15) is 37.0 Å². The molecule has 6 nitrogen and oxygen atoms in total. The van der Waals surface area contributed by atoms with Crippen LogP contribution in [0.15, 0.2) is 41.3 Å². The molecule has 0 radical (unpaired) electrons. The summed E-state index contributed by atoms with van der Waals surface area (Å²) in [5.41, 5.74) is 2.51. The second kappa shape index (κ2) is 9.59. The van der Waals surface area contributed by atoms with Crippen molar-refractivity contribution in [2.24, 2.45) is 0 Å². The molecule has 0 aliphatic carbocycles. The lowest BCUT2D eigenvalue weighted by Crippen LogP contribution is -2.48. The minimum absolute atomic E-state index is 0.0000899. The van der Waals surface area contributed by atoms with Crippen LogP contribution in [0.4, 0.5) is 5.82 Å². The number of aliphatic hydroxyl groups excluding tert-OH is 1. The van der Waals surface area contributed by atoms with Crippen molar-refractivity contribution >= 4 is 23.5 Å². The number of aliphatic hydroxyl groups is 1. The number of carbonyl (C=O) groups is 1. The van der Waals surface area contributed by atoms with Crippen molar-refractivity contribution in [1.82, 2.24) is 9.88 Å². The molecule has 4 rings (SSSR count). The van der Waals surface area contributed by atoms with Gasteiger partial charge in [-0.05, 0) is 57.2 Å². The van der Waals surface area contributed by atoms with Crippen LogP contribution in [0.2, 0.25) is 0 Å². The van der Waals surface area contributed by atoms with Gasteiger partial charge < -0.3 is 19.6 Å². The molecular formula is C24H31N3O3S. The highest BCUT2D eigenvalue weighted by Crippen LogP contribution is 2.29. The molecule has 7 heteroatoms. The van der Waals surface area contributed by atoms with Gasteiger partial charge in [-0.1, -0.05) is 12.1 Å². The van der Waals surface area contributed by atoms with Crippen molar-refractivity contribution in [1.29, 1.82) is 0 Å². The van der Waals surface area contributed by atoms with Gasteiger partial charge in [0, 0.05) is 36.6 Å². The normalized spacial score (nSPS) is 22.6. The Balaban J connectivity index is 1.68. The number of hydrogen-bond donors (Lipinski definition) is 1. The summed E-state index contributed by atoms with van der Waals surface area (Å²) in [7, 11) is 0. The Bertz CT molecular complexity index is 903. The summed E-state index contributed by atoms with van der Waals surface area (Å²) in [4.78, 5) is 23.7. The molecule has 2 unspecified atom stereocenters. The lowest BCUT2D eigenvalue weighted by molar-refractivity contribution is -0.0586. The number of anilines is 1. The van der Waals surface area contributed by atoms with Crippen molar-refractivity contribution < 1.29 is 14.6 Å². The molecule has 3 heterocycles. The van der Waals surface area contributed by atoms with Gasteiger partial charge in [-0.2, -0.15) is 0 Å². The van der Waals surface area contributed by atoms with Crippen LogP contribution in [0.3, 0.4) is 0 Å². The molecular weight excluding hydrogens is 410 g/mol. The van der Waals surface area contributed by atoms with Crippen LogP contribution >= 0.6 is 11.8 Å². The maximum Gasteiger partial charge on any atom is 0.257 e. The maximum absolute atomic E-state index is 13.5. The fraction of sp³-hybridized carbons (Fsp3) is 0.500. The lowest BCUT2D eigenvalue weighted by Gasteiger charge is -2.37. The number of rotatable bonds is 4. The van der Waals surface area contributed by atoms with Crippen LogP contribution in [-0.2, 0) is 4.74 Å². The fourth-order valence-electron chi connectivity index (χ4n) is 4.37. The maximum atomic E-state index is 13.5. The number of hydrogen-bond acceptors (Lipinski definition) is 6. The third kappa shape index (κ3) is 5.05. The number of piperidine rings is 1. The molecule has 166 valence electrons. The first-order valence-electron chi connectivity index (χ1n) is 11.0. The average Bonchev–Trinajstić information content (AvgIpc) is 2.78. The number of nitrogens with zero attached hydrogens (tertiary/aromatic N) is 3. The van der Waals surface area contributed by atoms with Crippen LogP contribution in [-0.4, -0.2) is 71.6 Å². The molecule has 31 heavy (non-hydrogen) atoms. The quantitative estimate of drug-likeness (QED) is 0.730. The van der Waals surface area contributed by atoms with Crippen molar-refractivity contribution in [3.63, 3.8) is 0 Å². The molecule has 2 atom stereocenters. The molecule has 2 aliphatic rings. The van der Waals surface area contributed by atoms with E-state index in [4.69, 9.17) is 9.72 Å². The third-order valence-corrected chi connectivity index (χ3v) is 6.71. The summed E-state index contributed by atoms with van der Waals surface area (Å²) >= 11 is 1.71. The van der Waals surface area contributed by atoms with Gasteiger partial charge in [0.25, 0.3) is 5.91 Å². The van der Waals surface area contributed by atoms with Gasteiger partial charge in [-0.3, -0.25) is 4.79 Å². The number of benzene rings is 1. The Morgan fingerprint density at radius 1 is 1.06 bits per heavy atom. The summed E-state index contributed by atoms with van der Waals surface area (Å²) in [6.45, 7) is 6.56. The largest absolute Gasteiger partial charge is 0.393 e. The van der Waals surface area contributed by atoms with Gasteiger partial charge in [-0.25, -0.2) is 4.98 Å². The molecule has 0 bridgehead atoms. The minimum Gasteiger partial charge on any atom is -0.393 e. The van der Waals surface area contributed by atoms with E-state index < -0.39 is 0 Å². The molecule has 1 amide bonds. The molecule has 2 aromatic rings. The number of thioether (sulfide) groups is 1. The van der Waals surface area contributed by atoms with Crippen LogP contribution in [0.5, 0.6) is 0 Å². The lowest BCUT2D eigenvalue weighted by atomic mass is 10.0.